The Morgan fingerprint density at radius 3 is 2.71 bits per heavy atom. The predicted octanol–water partition coefficient (Wildman–Crippen LogP) is 2.13. The lowest BCUT2D eigenvalue weighted by Crippen LogP contribution is -2.05. The van der Waals surface area contributed by atoms with Crippen LogP contribution in [0.3, 0.4) is 0 Å². The number of para-hydroxylation sites is 1. The summed E-state index contributed by atoms with van der Waals surface area (Å²) in [5.74, 6) is -0.943. The van der Waals surface area contributed by atoms with Gasteiger partial charge in [-0.2, -0.15) is 5.10 Å². The fourth-order valence-corrected chi connectivity index (χ4v) is 2.64. The molecule has 0 radical (unpaired) electrons. The smallest absolute Gasteiger partial charge is 0.337 e. The highest BCUT2D eigenvalue weighted by molar-refractivity contribution is 6.01. The molecule has 0 unspecified atom stereocenters. The normalized spacial score (nSPS) is 11.2. The SMILES string of the molecule is Cc1nn(C)c(C)c1Cn1cnc2cccc(C(=O)O)c21. The van der Waals surface area contributed by atoms with Crippen LogP contribution in [0.2, 0.25) is 0 Å². The van der Waals surface area contributed by atoms with Crippen LogP contribution in [0.4, 0.5) is 0 Å². The van der Waals surface area contributed by atoms with E-state index in [9.17, 15) is 9.90 Å². The third kappa shape index (κ3) is 2.08. The Morgan fingerprint density at radius 2 is 2.10 bits per heavy atom. The number of carboxylic acids is 1. The minimum absolute atomic E-state index is 0.268. The molecule has 0 aliphatic carbocycles. The van der Waals surface area contributed by atoms with E-state index in [0.717, 1.165) is 17.0 Å². The quantitative estimate of drug-likeness (QED) is 0.799. The van der Waals surface area contributed by atoms with E-state index >= 15 is 0 Å². The number of carbonyl (C=O) groups is 1. The van der Waals surface area contributed by atoms with Gasteiger partial charge >= 0.3 is 5.97 Å². The Bertz CT molecular complexity index is 845. The van der Waals surface area contributed by atoms with Gasteiger partial charge in [-0.05, 0) is 26.0 Å². The van der Waals surface area contributed by atoms with Crippen LogP contribution in [0, 0.1) is 13.8 Å². The van der Waals surface area contributed by atoms with E-state index in [4.69, 9.17) is 0 Å². The summed E-state index contributed by atoms with van der Waals surface area (Å²) in [6.07, 6.45) is 1.68. The molecule has 0 amide bonds. The van der Waals surface area contributed by atoms with Gasteiger partial charge in [0.15, 0.2) is 0 Å². The third-order valence-corrected chi connectivity index (χ3v) is 3.86. The fourth-order valence-electron chi connectivity index (χ4n) is 2.64. The minimum Gasteiger partial charge on any atom is -0.478 e. The van der Waals surface area contributed by atoms with Crippen LogP contribution < -0.4 is 0 Å². The summed E-state index contributed by atoms with van der Waals surface area (Å²) in [6.45, 7) is 4.53. The molecule has 0 saturated carbocycles. The first kappa shape index (κ1) is 13.4. The Balaban J connectivity index is 2.15. The van der Waals surface area contributed by atoms with Gasteiger partial charge in [0.25, 0.3) is 0 Å². The molecule has 21 heavy (non-hydrogen) atoms. The second-order valence-electron chi connectivity index (χ2n) is 5.12. The number of nitrogens with zero attached hydrogens (tertiary/aromatic N) is 4. The third-order valence-electron chi connectivity index (χ3n) is 3.86. The van der Waals surface area contributed by atoms with Crippen molar-refractivity contribution >= 4 is 17.0 Å². The van der Waals surface area contributed by atoms with Crippen LogP contribution in [0.5, 0.6) is 0 Å². The number of fused-ring (bicyclic) bond motifs is 1. The molecule has 1 aromatic carbocycles. The van der Waals surface area contributed by atoms with Gasteiger partial charge in [-0.1, -0.05) is 6.07 Å². The maximum absolute atomic E-state index is 11.4. The van der Waals surface area contributed by atoms with Crippen molar-refractivity contribution in [1.29, 1.82) is 0 Å². The van der Waals surface area contributed by atoms with Crippen molar-refractivity contribution in [1.82, 2.24) is 19.3 Å². The highest BCUT2D eigenvalue weighted by atomic mass is 16.4. The number of hydrogen-bond donors (Lipinski definition) is 1. The van der Waals surface area contributed by atoms with E-state index < -0.39 is 5.97 Å². The van der Waals surface area contributed by atoms with E-state index in [1.165, 1.54) is 0 Å². The van der Waals surface area contributed by atoms with Crippen LogP contribution in [0.25, 0.3) is 11.0 Å². The van der Waals surface area contributed by atoms with Crippen LogP contribution in [-0.4, -0.2) is 30.4 Å². The predicted molar refractivity (Wildman–Crippen MR) is 78.5 cm³/mol. The first-order valence-corrected chi connectivity index (χ1v) is 6.65. The van der Waals surface area contributed by atoms with E-state index in [2.05, 4.69) is 10.1 Å². The second kappa shape index (κ2) is 4.73. The van der Waals surface area contributed by atoms with Crippen molar-refractivity contribution in [2.75, 3.05) is 0 Å². The van der Waals surface area contributed by atoms with Gasteiger partial charge < -0.3 is 9.67 Å². The molecular formula is C15H16N4O2. The van der Waals surface area contributed by atoms with E-state index in [1.54, 1.807) is 18.5 Å². The van der Waals surface area contributed by atoms with Gasteiger partial charge in [-0.25, -0.2) is 9.78 Å². The molecule has 0 spiro atoms. The number of rotatable bonds is 3. The van der Waals surface area contributed by atoms with Crippen molar-refractivity contribution in [2.45, 2.75) is 20.4 Å². The Kier molecular flexibility index (Phi) is 3.01. The first-order valence-electron chi connectivity index (χ1n) is 6.65. The van der Waals surface area contributed by atoms with Crippen LogP contribution in [0.1, 0.15) is 27.3 Å². The van der Waals surface area contributed by atoms with Gasteiger partial charge in [0.1, 0.15) is 0 Å². The molecule has 0 saturated heterocycles. The van der Waals surface area contributed by atoms with Gasteiger partial charge in [0, 0.05) is 18.3 Å². The number of aromatic nitrogens is 4. The maximum Gasteiger partial charge on any atom is 0.337 e. The molecule has 2 aromatic heterocycles. The summed E-state index contributed by atoms with van der Waals surface area (Å²) < 4.78 is 3.71. The molecular weight excluding hydrogens is 268 g/mol. The summed E-state index contributed by atoms with van der Waals surface area (Å²) in [6, 6.07) is 5.14. The molecule has 0 atom stereocenters. The van der Waals surface area contributed by atoms with Gasteiger partial charge in [-0.3, -0.25) is 4.68 Å². The molecule has 0 fully saturated rings. The molecule has 3 rings (SSSR count). The number of aromatic carboxylic acids is 1. The lowest BCUT2D eigenvalue weighted by atomic mass is 10.1. The molecule has 6 heteroatoms. The molecule has 6 nitrogen and oxygen atoms in total. The highest BCUT2D eigenvalue weighted by Crippen LogP contribution is 2.21. The monoisotopic (exact) mass is 284 g/mol. The average molecular weight is 284 g/mol. The molecule has 2 heterocycles. The topological polar surface area (TPSA) is 72.9 Å². The zero-order chi connectivity index (χ0) is 15.1. The van der Waals surface area contributed by atoms with Crippen molar-refractivity contribution in [3.05, 3.63) is 47.0 Å². The van der Waals surface area contributed by atoms with Gasteiger partial charge in [-0.15, -0.1) is 0 Å². The largest absolute Gasteiger partial charge is 0.478 e. The Hall–Kier alpha value is -2.63. The summed E-state index contributed by atoms with van der Waals surface area (Å²) in [5, 5.41) is 13.7. The van der Waals surface area contributed by atoms with E-state index in [0.29, 0.717) is 17.6 Å². The Labute approximate surface area is 121 Å². The minimum atomic E-state index is -0.943. The zero-order valence-corrected chi connectivity index (χ0v) is 12.2. The fraction of sp³-hybridized carbons (Fsp3) is 0.267. The van der Waals surface area contributed by atoms with Crippen molar-refractivity contribution in [3.63, 3.8) is 0 Å². The van der Waals surface area contributed by atoms with Crippen LogP contribution in [0.15, 0.2) is 24.5 Å². The lowest BCUT2D eigenvalue weighted by Gasteiger charge is -2.07. The van der Waals surface area contributed by atoms with Gasteiger partial charge in [0.2, 0.25) is 0 Å². The van der Waals surface area contributed by atoms with Crippen molar-refractivity contribution < 1.29 is 9.90 Å². The first-order chi connectivity index (χ1) is 9.99. The average Bonchev–Trinajstić information content (AvgIpc) is 2.95. The van der Waals surface area contributed by atoms with Crippen LogP contribution in [-0.2, 0) is 13.6 Å². The number of imidazole rings is 1. The summed E-state index contributed by atoms with van der Waals surface area (Å²) >= 11 is 0. The second-order valence-corrected chi connectivity index (χ2v) is 5.12. The van der Waals surface area contributed by atoms with Gasteiger partial charge in [0.05, 0.1) is 35.2 Å². The number of carboxylic acid groups (broad SMARTS) is 1. The van der Waals surface area contributed by atoms with E-state index in [-0.39, 0.29) is 5.56 Å². The highest BCUT2D eigenvalue weighted by Gasteiger charge is 2.16. The summed E-state index contributed by atoms with van der Waals surface area (Å²) in [5.41, 5.74) is 4.72. The molecule has 3 aromatic rings. The zero-order valence-electron chi connectivity index (χ0n) is 12.2. The van der Waals surface area contributed by atoms with Crippen molar-refractivity contribution in [2.24, 2.45) is 7.05 Å². The summed E-state index contributed by atoms with van der Waals surface area (Å²) in [4.78, 5) is 15.7. The molecule has 0 aliphatic heterocycles. The van der Waals surface area contributed by atoms with Crippen LogP contribution >= 0.6 is 0 Å². The number of aryl methyl sites for hydroxylation is 2. The molecule has 108 valence electrons. The Morgan fingerprint density at radius 1 is 1.33 bits per heavy atom. The molecule has 1 N–H and O–H groups in total. The lowest BCUT2D eigenvalue weighted by molar-refractivity contribution is 0.0698. The number of hydrogen-bond acceptors (Lipinski definition) is 3. The maximum atomic E-state index is 11.4. The molecule has 0 aliphatic rings. The standard InChI is InChI=1S/C15H16N4O2/c1-9-12(10(2)18(3)17-9)7-19-8-16-13-6-4-5-11(14(13)19)15(20)21/h4-6,8H,7H2,1-3H3,(H,20,21). The molecule has 0 bridgehead atoms. The number of benzene rings is 1. The summed E-state index contributed by atoms with van der Waals surface area (Å²) in [7, 11) is 1.90. The van der Waals surface area contributed by atoms with E-state index in [1.807, 2.05) is 36.2 Å². The van der Waals surface area contributed by atoms with Crippen molar-refractivity contribution in [3.8, 4) is 0 Å².